The Morgan fingerprint density at radius 3 is 2.57 bits per heavy atom. The van der Waals surface area contributed by atoms with Gasteiger partial charge in [0.1, 0.15) is 0 Å². The van der Waals surface area contributed by atoms with E-state index in [-0.39, 0.29) is 0 Å². The van der Waals surface area contributed by atoms with Gasteiger partial charge in [-0.25, -0.2) is 4.79 Å². The molecule has 70 valence electrons. The molecule has 0 spiro atoms. The number of benzene rings is 1. The molecule has 1 aromatic carbocycles. The second kappa shape index (κ2) is 4.83. The van der Waals surface area contributed by atoms with Crippen molar-refractivity contribution in [2.24, 2.45) is 0 Å². The molecule has 3 nitrogen and oxygen atoms in total. The fraction of sp³-hybridized carbons (Fsp3) is 0.0909. The number of allylic oxidation sites excluding steroid dienone is 1. The molecule has 0 aromatic heterocycles. The summed E-state index contributed by atoms with van der Waals surface area (Å²) < 4.78 is 4.75. The molecule has 0 aliphatic heterocycles. The predicted octanol–water partition coefficient (Wildman–Crippen LogP) is 2.25. The largest absolute Gasteiger partial charge is 0.431 e. The number of carbonyl (C=O) groups excluding carboxylic acids is 1. The van der Waals surface area contributed by atoms with E-state index >= 15 is 0 Å². The molecule has 3 heteroatoms. The molecular weight excluding hydrogens is 178 g/mol. The summed E-state index contributed by atoms with van der Waals surface area (Å²) in [6.45, 7) is 1.76. The molecule has 14 heavy (non-hydrogen) atoms. The van der Waals surface area contributed by atoms with Crippen LogP contribution >= 0.6 is 0 Å². The molecule has 0 aliphatic rings. The van der Waals surface area contributed by atoms with Crippen molar-refractivity contribution >= 4 is 5.97 Å². The van der Waals surface area contributed by atoms with E-state index in [4.69, 9.17) is 10.00 Å². The molecule has 0 heterocycles. The van der Waals surface area contributed by atoms with Gasteiger partial charge in [-0.2, -0.15) is 5.26 Å². The Morgan fingerprint density at radius 2 is 2.07 bits per heavy atom. The van der Waals surface area contributed by atoms with E-state index in [9.17, 15) is 4.79 Å². The summed E-state index contributed by atoms with van der Waals surface area (Å²) in [6.07, 6.45) is 2.95. The summed E-state index contributed by atoms with van der Waals surface area (Å²) in [7, 11) is 0. The van der Waals surface area contributed by atoms with Crippen LogP contribution in [-0.4, -0.2) is 5.97 Å². The van der Waals surface area contributed by atoms with Crippen LogP contribution in [-0.2, 0) is 4.74 Å². The Labute approximate surface area is 82.2 Å². The van der Waals surface area contributed by atoms with Crippen LogP contribution in [0, 0.1) is 11.3 Å². The molecule has 0 saturated heterocycles. The highest BCUT2D eigenvalue weighted by Crippen LogP contribution is 2.05. The van der Waals surface area contributed by atoms with Crippen LogP contribution in [0.3, 0.4) is 0 Å². The first-order valence-electron chi connectivity index (χ1n) is 4.10. The average molecular weight is 187 g/mol. The lowest BCUT2D eigenvalue weighted by Gasteiger charge is -1.98. The number of ether oxygens (including phenoxy) is 1. The van der Waals surface area contributed by atoms with Gasteiger partial charge in [0.25, 0.3) is 0 Å². The third-order valence-electron chi connectivity index (χ3n) is 1.56. The van der Waals surface area contributed by atoms with Crippen molar-refractivity contribution in [1.29, 1.82) is 5.26 Å². The second-order valence-corrected chi connectivity index (χ2v) is 2.56. The quantitative estimate of drug-likeness (QED) is 0.527. The van der Waals surface area contributed by atoms with Crippen molar-refractivity contribution in [3.8, 4) is 6.07 Å². The van der Waals surface area contributed by atoms with Gasteiger partial charge < -0.3 is 4.74 Å². The lowest BCUT2D eigenvalue weighted by atomic mass is 10.1. The van der Waals surface area contributed by atoms with Gasteiger partial charge in [0, 0.05) is 0 Å². The van der Waals surface area contributed by atoms with Crippen molar-refractivity contribution in [1.82, 2.24) is 0 Å². The van der Waals surface area contributed by atoms with Crippen molar-refractivity contribution < 1.29 is 9.53 Å². The van der Waals surface area contributed by atoms with Gasteiger partial charge >= 0.3 is 5.97 Å². The number of carbonyl (C=O) groups is 1. The molecule has 0 N–H and O–H groups in total. The Hall–Kier alpha value is -2.08. The molecule has 0 saturated carbocycles. The minimum atomic E-state index is -0.424. The lowest BCUT2D eigenvalue weighted by Crippen LogP contribution is -1.99. The lowest BCUT2D eigenvalue weighted by molar-refractivity contribution is 0.0662. The maximum Gasteiger partial charge on any atom is 0.342 e. The number of hydrogen-bond acceptors (Lipinski definition) is 3. The van der Waals surface area contributed by atoms with Crippen LogP contribution in [0.2, 0.25) is 0 Å². The third kappa shape index (κ3) is 2.46. The van der Waals surface area contributed by atoms with Crippen LogP contribution in [0.4, 0.5) is 0 Å². The van der Waals surface area contributed by atoms with E-state index in [0.29, 0.717) is 11.1 Å². The SMILES string of the molecule is C/C=C\OC(=O)c1ccc(C#N)cc1. The molecule has 0 atom stereocenters. The summed E-state index contributed by atoms with van der Waals surface area (Å²) >= 11 is 0. The molecule has 0 amide bonds. The van der Waals surface area contributed by atoms with E-state index < -0.39 is 5.97 Å². The normalized spacial score (nSPS) is 9.71. The fourth-order valence-electron chi connectivity index (χ4n) is 0.879. The van der Waals surface area contributed by atoms with Crippen molar-refractivity contribution in [2.75, 3.05) is 0 Å². The van der Waals surface area contributed by atoms with E-state index in [1.54, 1.807) is 37.3 Å². The van der Waals surface area contributed by atoms with Gasteiger partial charge in [-0.15, -0.1) is 0 Å². The Balaban J connectivity index is 2.77. The second-order valence-electron chi connectivity index (χ2n) is 2.56. The highest BCUT2D eigenvalue weighted by molar-refractivity contribution is 5.89. The third-order valence-corrected chi connectivity index (χ3v) is 1.56. The minimum Gasteiger partial charge on any atom is -0.431 e. The summed E-state index contributed by atoms with van der Waals surface area (Å²) in [5, 5.41) is 8.53. The van der Waals surface area contributed by atoms with Crippen LogP contribution in [0.15, 0.2) is 36.6 Å². The van der Waals surface area contributed by atoms with Crippen LogP contribution in [0.5, 0.6) is 0 Å². The zero-order valence-corrected chi connectivity index (χ0v) is 7.73. The summed E-state index contributed by atoms with van der Waals surface area (Å²) in [5.74, 6) is -0.424. The predicted molar refractivity (Wildman–Crippen MR) is 51.4 cm³/mol. The van der Waals surface area contributed by atoms with Gasteiger partial charge in [-0.05, 0) is 31.2 Å². The van der Waals surface area contributed by atoms with Gasteiger partial charge in [-0.1, -0.05) is 6.08 Å². The monoisotopic (exact) mass is 187 g/mol. The minimum absolute atomic E-state index is 0.424. The van der Waals surface area contributed by atoms with Gasteiger partial charge in [0.2, 0.25) is 0 Å². The average Bonchev–Trinajstić information content (AvgIpc) is 2.26. The zero-order valence-electron chi connectivity index (χ0n) is 7.73. The van der Waals surface area contributed by atoms with Crippen molar-refractivity contribution in [2.45, 2.75) is 6.92 Å². The molecule has 0 unspecified atom stereocenters. The Bertz CT molecular complexity index is 385. The first-order valence-corrected chi connectivity index (χ1v) is 4.10. The van der Waals surface area contributed by atoms with Crippen LogP contribution in [0.1, 0.15) is 22.8 Å². The number of rotatable bonds is 2. The van der Waals surface area contributed by atoms with Crippen molar-refractivity contribution in [3.05, 3.63) is 47.7 Å². The molecule has 1 aromatic rings. The maximum absolute atomic E-state index is 11.2. The van der Waals surface area contributed by atoms with Crippen LogP contribution < -0.4 is 0 Å². The molecule has 1 rings (SSSR count). The van der Waals surface area contributed by atoms with Crippen LogP contribution in [0.25, 0.3) is 0 Å². The van der Waals surface area contributed by atoms with Gasteiger partial charge in [-0.3, -0.25) is 0 Å². The van der Waals surface area contributed by atoms with Crippen molar-refractivity contribution in [3.63, 3.8) is 0 Å². The first-order chi connectivity index (χ1) is 6.77. The first kappa shape index (κ1) is 10.0. The zero-order chi connectivity index (χ0) is 10.4. The number of nitrogens with zero attached hydrogens (tertiary/aromatic N) is 1. The number of nitriles is 1. The summed E-state index contributed by atoms with van der Waals surface area (Å²) in [5.41, 5.74) is 0.953. The highest BCUT2D eigenvalue weighted by Gasteiger charge is 2.04. The summed E-state index contributed by atoms with van der Waals surface area (Å²) in [4.78, 5) is 11.2. The van der Waals surface area contributed by atoms with Gasteiger partial charge in [0.05, 0.1) is 23.5 Å². The molecule has 0 aliphatic carbocycles. The number of esters is 1. The highest BCUT2D eigenvalue weighted by atomic mass is 16.5. The number of hydrogen-bond donors (Lipinski definition) is 0. The maximum atomic E-state index is 11.2. The molecular formula is C11H9NO2. The van der Waals surface area contributed by atoms with E-state index in [1.165, 1.54) is 6.26 Å². The van der Waals surface area contributed by atoms with E-state index in [0.717, 1.165) is 0 Å². The Morgan fingerprint density at radius 1 is 1.43 bits per heavy atom. The fourth-order valence-corrected chi connectivity index (χ4v) is 0.879. The van der Waals surface area contributed by atoms with E-state index in [2.05, 4.69) is 0 Å². The Kier molecular flexibility index (Phi) is 3.45. The van der Waals surface area contributed by atoms with E-state index in [1.807, 2.05) is 6.07 Å². The molecule has 0 bridgehead atoms. The smallest absolute Gasteiger partial charge is 0.342 e. The molecule has 0 radical (unpaired) electrons. The summed E-state index contributed by atoms with van der Waals surface area (Å²) in [6, 6.07) is 8.24. The standard InChI is InChI=1S/C11H9NO2/c1-2-7-14-11(13)10-5-3-9(8-12)4-6-10/h2-7H,1H3/b7-2-. The van der Waals surface area contributed by atoms with Gasteiger partial charge in [0.15, 0.2) is 0 Å². The topological polar surface area (TPSA) is 50.1 Å². The molecule has 0 fully saturated rings.